The van der Waals surface area contributed by atoms with Crippen LogP contribution in [-0.2, 0) is 11.2 Å². The first-order chi connectivity index (χ1) is 8.72. The van der Waals surface area contributed by atoms with E-state index in [4.69, 9.17) is 4.74 Å². The average molecular weight is 241 g/mol. The lowest BCUT2D eigenvalue weighted by atomic mass is 10.0. The molecule has 2 aromatic rings. The van der Waals surface area contributed by atoms with Crippen molar-refractivity contribution in [3.05, 3.63) is 65.0 Å². The number of nitrogens with zero attached hydrogens (tertiary/aromatic N) is 1. The number of carbonyl (C=O) groups excluding carboxylic acids is 1. The molecule has 0 amide bonds. The Kier molecular flexibility index (Phi) is 3.72. The average Bonchev–Trinajstić information content (AvgIpc) is 2.39. The molecule has 0 saturated heterocycles. The molecule has 0 unspecified atom stereocenters. The van der Waals surface area contributed by atoms with Gasteiger partial charge < -0.3 is 4.74 Å². The number of aryl methyl sites for hydroxylation is 1. The fourth-order valence-electron chi connectivity index (χ4n) is 1.92. The minimum absolute atomic E-state index is 0.327. The summed E-state index contributed by atoms with van der Waals surface area (Å²) in [7, 11) is 1.39. The molecule has 2 rings (SSSR count). The second kappa shape index (κ2) is 5.45. The first kappa shape index (κ1) is 12.3. The molecule has 0 atom stereocenters. The summed E-state index contributed by atoms with van der Waals surface area (Å²) >= 11 is 0. The van der Waals surface area contributed by atoms with Gasteiger partial charge in [-0.1, -0.05) is 30.3 Å². The number of rotatable bonds is 3. The zero-order valence-electron chi connectivity index (χ0n) is 10.5. The Morgan fingerprint density at radius 1 is 1.22 bits per heavy atom. The molecule has 3 heteroatoms. The number of pyridine rings is 1. The fraction of sp³-hybridized carbons (Fsp3) is 0.200. The lowest BCUT2D eigenvalue weighted by Crippen LogP contribution is -2.10. The molecule has 92 valence electrons. The summed E-state index contributed by atoms with van der Waals surface area (Å²) in [5.41, 5.74) is 3.35. The molecule has 18 heavy (non-hydrogen) atoms. The summed E-state index contributed by atoms with van der Waals surface area (Å²) in [4.78, 5) is 16.1. The van der Waals surface area contributed by atoms with Gasteiger partial charge in [-0.05, 0) is 24.1 Å². The van der Waals surface area contributed by atoms with E-state index in [9.17, 15) is 4.79 Å². The molecule has 0 saturated carbocycles. The third kappa shape index (κ3) is 2.56. The van der Waals surface area contributed by atoms with Crippen molar-refractivity contribution in [2.24, 2.45) is 0 Å². The lowest BCUT2D eigenvalue weighted by Gasteiger charge is -2.09. The van der Waals surface area contributed by atoms with Gasteiger partial charge in [-0.25, -0.2) is 4.79 Å². The number of esters is 1. The Bertz CT molecular complexity index is 550. The van der Waals surface area contributed by atoms with Gasteiger partial charge >= 0.3 is 5.97 Å². The SMILES string of the molecule is COC(=O)c1c(C)ccnc1Cc1ccccc1. The van der Waals surface area contributed by atoms with E-state index in [0.717, 1.165) is 16.8 Å². The molecule has 1 aromatic heterocycles. The third-order valence-electron chi connectivity index (χ3n) is 2.84. The molecule has 1 aromatic carbocycles. The van der Waals surface area contributed by atoms with Gasteiger partial charge in [0.05, 0.1) is 18.4 Å². The van der Waals surface area contributed by atoms with Crippen LogP contribution in [0.1, 0.15) is 27.2 Å². The summed E-state index contributed by atoms with van der Waals surface area (Å²) in [5, 5.41) is 0. The Balaban J connectivity index is 2.39. The molecule has 0 aliphatic rings. The molecule has 0 aliphatic heterocycles. The van der Waals surface area contributed by atoms with E-state index in [1.54, 1.807) is 6.20 Å². The van der Waals surface area contributed by atoms with E-state index in [0.29, 0.717) is 12.0 Å². The van der Waals surface area contributed by atoms with Crippen LogP contribution < -0.4 is 0 Å². The number of ether oxygens (including phenoxy) is 1. The summed E-state index contributed by atoms with van der Waals surface area (Å²) in [6, 6.07) is 11.8. The first-order valence-corrected chi connectivity index (χ1v) is 5.79. The van der Waals surface area contributed by atoms with Crippen LogP contribution in [0.3, 0.4) is 0 Å². The van der Waals surface area contributed by atoms with E-state index in [1.807, 2.05) is 43.3 Å². The van der Waals surface area contributed by atoms with Crippen LogP contribution in [0.4, 0.5) is 0 Å². The third-order valence-corrected chi connectivity index (χ3v) is 2.84. The van der Waals surface area contributed by atoms with Gasteiger partial charge in [-0.2, -0.15) is 0 Å². The van der Waals surface area contributed by atoms with E-state index >= 15 is 0 Å². The molecule has 0 bridgehead atoms. The largest absolute Gasteiger partial charge is 0.465 e. The highest BCUT2D eigenvalue weighted by Gasteiger charge is 2.15. The fourth-order valence-corrected chi connectivity index (χ4v) is 1.92. The molecule has 0 fully saturated rings. The van der Waals surface area contributed by atoms with Crippen LogP contribution in [0.15, 0.2) is 42.6 Å². The van der Waals surface area contributed by atoms with Crippen molar-refractivity contribution in [2.45, 2.75) is 13.3 Å². The number of carbonyl (C=O) groups is 1. The zero-order chi connectivity index (χ0) is 13.0. The van der Waals surface area contributed by atoms with Crippen LogP contribution in [0.2, 0.25) is 0 Å². The normalized spacial score (nSPS) is 10.1. The second-order valence-electron chi connectivity index (χ2n) is 4.10. The molecule has 0 spiro atoms. The molecule has 0 radical (unpaired) electrons. The Labute approximate surface area is 106 Å². The zero-order valence-corrected chi connectivity index (χ0v) is 10.5. The van der Waals surface area contributed by atoms with E-state index < -0.39 is 0 Å². The molecule has 0 N–H and O–H groups in total. The maximum Gasteiger partial charge on any atom is 0.339 e. The minimum atomic E-state index is -0.327. The molecular formula is C15H15NO2. The molecule has 3 nitrogen and oxygen atoms in total. The Hall–Kier alpha value is -2.16. The van der Waals surface area contributed by atoms with Crippen molar-refractivity contribution in [2.75, 3.05) is 7.11 Å². The van der Waals surface area contributed by atoms with E-state index in [-0.39, 0.29) is 5.97 Å². The van der Waals surface area contributed by atoms with Gasteiger partial charge in [0, 0.05) is 12.6 Å². The van der Waals surface area contributed by atoms with E-state index in [1.165, 1.54) is 7.11 Å². The van der Waals surface area contributed by atoms with Crippen LogP contribution in [0, 0.1) is 6.92 Å². The maximum absolute atomic E-state index is 11.8. The number of hydrogen-bond acceptors (Lipinski definition) is 3. The summed E-state index contributed by atoms with van der Waals surface area (Å²) < 4.78 is 4.82. The number of hydrogen-bond donors (Lipinski definition) is 0. The molecule has 0 aliphatic carbocycles. The highest BCUT2D eigenvalue weighted by molar-refractivity contribution is 5.92. The van der Waals surface area contributed by atoms with Crippen LogP contribution >= 0.6 is 0 Å². The number of aromatic nitrogens is 1. The lowest BCUT2D eigenvalue weighted by molar-refractivity contribution is 0.0598. The molecular weight excluding hydrogens is 226 g/mol. The van der Waals surface area contributed by atoms with E-state index in [2.05, 4.69) is 4.98 Å². The number of methoxy groups -OCH3 is 1. The van der Waals surface area contributed by atoms with Crippen molar-refractivity contribution in [1.82, 2.24) is 4.98 Å². The van der Waals surface area contributed by atoms with Crippen molar-refractivity contribution >= 4 is 5.97 Å². The minimum Gasteiger partial charge on any atom is -0.465 e. The van der Waals surface area contributed by atoms with Crippen LogP contribution in [-0.4, -0.2) is 18.1 Å². The van der Waals surface area contributed by atoms with Gasteiger partial charge in [-0.15, -0.1) is 0 Å². The van der Waals surface area contributed by atoms with Crippen molar-refractivity contribution < 1.29 is 9.53 Å². The van der Waals surface area contributed by atoms with Crippen LogP contribution in [0.25, 0.3) is 0 Å². The summed E-state index contributed by atoms with van der Waals surface area (Å²) in [6.07, 6.45) is 2.35. The smallest absolute Gasteiger partial charge is 0.339 e. The van der Waals surface area contributed by atoms with Gasteiger partial charge in [-0.3, -0.25) is 4.98 Å². The monoisotopic (exact) mass is 241 g/mol. The highest BCUT2D eigenvalue weighted by Crippen LogP contribution is 2.16. The van der Waals surface area contributed by atoms with Gasteiger partial charge in [0.2, 0.25) is 0 Å². The summed E-state index contributed by atoms with van der Waals surface area (Å²) in [5.74, 6) is -0.327. The van der Waals surface area contributed by atoms with Gasteiger partial charge in [0.1, 0.15) is 0 Å². The second-order valence-corrected chi connectivity index (χ2v) is 4.10. The van der Waals surface area contributed by atoms with Crippen molar-refractivity contribution in [1.29, 1.82) is 0 Å². The highest BCUT2D eigenvalue weighted by atomic mass is 16.5. The van der Waals surface area contributed by atoms with Crippen LogP contribution in [0.5, 0.6) is 0 Å². The number of benzene rings is 1. The molecule has 1 heterocycles. The topological polar surface area (TPSA) is 39.2 Å². The standard InChI is InChI=1S/C15H15NO2/c1-11-8-9-16-13(14(11)15(17)18-2)10-12-6-4-3-5-7-12/h3-9H,10H2,1-2H3. The van der Waals surface area contributed by atoms with Crippen molar-refractivity contribution in [3.8, 4) is 0 Å². The summed E-state index contributed by atoms with van der Waals surface area (Å²) in [6.45, 7) is 1.89. The predicted molar refractivity (Wildman–Crippen MR) is 69.6 cm³/mol. The van der Waals surface area contributed by atoms with Crippen molar-refractivity contribution in [3.63, 3.8) is 0 Å². The van der Waals surface area contributed by atoms with Gasteiger partial charge in [0.25, 0.3) is 0 Å². The Morgan fingerprint density at radius 3 is 2.61 bits per heavy atom. The first-order valence-electron chi connectivity index (χ1n) is 5.79. The predicted octanol–water partition coefficient (Wildman–Crippen LogP) is 2.77. The van der Waals surface area contributed by atoms with Gasteiger partial charge in [0.15, 0.2) is 0 Å². The quantitative estimate of drug-likeness (QED) is 0.776. The Morgan fingerprint density at radius 2 is 1.94 bits per heavy atom. The maximum atomic E-state index is 11.8.